The van der Waals surface area contributed by atoms with E-state index < -0.39 is 12.6 Å². The number of nitrogens with one attached hydrogen (secondary N) is 1. The van der Waals surface area contributed by atoms with Crippen LogP contribution in [-0.2, 0) is 4.79 Å². The van der Waals surface area contributed by atoms with E-state index in [2.05, 4.69) is 20.1 Å². The van der Waals surface area contributed by atoms with E-state index in [4.69, 9.17) is 0 Å². The largest absolute Gasteiger partial charge is 0.389 e. The van der Waals surface area contributed by atoms with Gasteiger partial charge in [-0.3, -0.25) is 14.7 Å². The summed E-state index contributed by atoms with van der Waals surface area (Å²) >= 11 is 0. The molecule has 0 saturated carbocycles. The van der Waals surface area contributed by atoms with Gasteiger partial charge in [-0.05, 0) is 25.7 Å². The molecular weight excluding hydrogens is 498 g/mol. The number of amides is 1. The summed E-state index contributed by atoms with van der Waals surface area (Å²) in [5.41, 5.74) is 0. The highest BCUT2D eigenvalue weighted by atomic mass is 127. The van der Waals surface area contributed by atoms with Gasteiger partial charge in [-0.2, -0.15) is 13.2 Å². The molecule has 0 atom stereocenters. The minimum absolute atomic E-state index is 0. The first-order valence-electron chi connectivity index (χ1n) is 10.4. The van der Waals surface area contributed by atoms with Gasteiger partial charge in [0.1, 0.15) is 0 Å². The summed E-state index contributed by atoms with van der Waals surface area (Å²) < 4.78 is 36.5. The molecule has 0 aromatic carbocycles. The minimum atomic E-state index is -4.08. The summed E-state index contributed by atoms with van der Waals surface area (Å²) in [6.07, 6.45) is 0.396. The van der Waals surface area contributed by atoms with Crippen molar-refractivity contribution in [3.63, 3.8) is 0 Å². The van der Waals surface area contributed by atoms with Crippen LogP contribution >= 0.6 is 24.0 Å². The maximum absolute atomic E-state index is 12.5. The molecule has 0 aromatic rings. The highest BCUT2D eigenvalue weighted by Crippen LogP contribution is 2.21. The molecule has 6 nitrogen and oxygen atoms in total. The van der Waals surface area contributed by atoms with Crippen LogP contribution in [0.1, 0.15) is 44.9 Å². The third kappa shape index (κ3) is 10.2. The Balaban J connectivity index is 0.00000420. The van der Waals surface area contributed by atoms with E-state index in [1.54, 1.807) is 7.05 Å². The maximum Gasteiger partial charge on any atom is 0.389 e. The Labute approximate surface area is 189 Å². The molecule has 29 heavy (non-hydrogen) atoms. The zero-order valence-electron chi connectivity index (χ0n) is 17.3. The Morgan fingerprint density at radius 2 is 1.55 bits per heavy atom. The van der Waals surface area contributed by atoms with Crippen molar-refractivity contribution in [2.75, 3.05) is 59.4 Å². The number of hydrogen-bond acceptors (Lipinski definition) is 3. The van der Waals surface area contributed by atoms with Crippen molar-refractivity contribution < 1.29 is 18.0 Å². The molecule has 0 radical (unpaired) electrons. The van der Waals surface area contributed by atoms with Crippen molar-refractivity contribution >= 4 is 35.8 Å². The Hall–Kier alpha value is -0.780. The second-order valence-electron chi connectivity index (χ2n) is 7.60. The summed E-state index contributed by atoms with van der Waals surface area (Å²) in [5.74, 6) is 0.952. The van der Waals surface area contributed by atoms with E-state index in [0.717, 1.165) is 58.1 Å². The van der Waals surface area contributed by atoms with Crippen LogP contribution in [0.3, 0.4) is 0 Å². The maximum atomic E-state index is 12.5. The van der Waals surface area contributed by atoms with Crippen LogP contribution in [0.15, 0.2) is 4.99 Å². The number of carbonyl (C=O) groups excluding carboxylic acids is 1. The molecule has 1 N–H and O–H groups in total. The number of nitrogens with zero attached hydrogens (tertiary/aromatic N) is 4. The molecule has 2 aliphatic rings. The van der Waals surface area contributed by atoms with Crippen LogP contribution in [-0.4, -0.2) is 92.1 Å². The van der Waals surface area contributed by atoms with Crippen LogP contribution in [0.2, 0.25) is 0 Å². The van der Waals surface area contributed by atoms with Gasteiger partial charge in [-0.15, -0.1) is 24.0 Å². The predicted molar refractivity (Wildman–Crippen MR) is 120 cm³/mol. The normalized spacial score (nSPS) is 19.5. The molecule has 0 aromatic heterocycles. The van der Waals surface area contributed by atoms with Gasteiger partial charge in [0, 0.05) is 59.3 Å². The fourth-order valence-electron chi connectivity index (χ4n) is 3.71. The average Bonchev–Trinajstić information content (AvgIpc) is 2.94. The van der Waals surface area contributed by atoms with Crippen molar-refractivity contribution in [3.8, 4) is 0 Å². The molecule has 1 amide bonds. The molecule has 2 rings (SSSR count). The predicted octanol–water partition coefficient (Wildman–Crippen LogP) is 2.93. The van der Waals surface area contributed by atoms with E-state index in [1.807, 2.05) is 4.90 Å². The molecule has 0 unspecified atom stereocenters. The number of piperazine rings is 1. The number of guanidine groups is 1. The van der Waals surface area contributed by atoms with Crippen LogP contribution in [0.5, 0.6) is 0 Å². The van der Waals surface area contributed by atoms with Crippen molar-refractivity contribution in [3.05, 3.63) is 0 Å². The molecule has 10 heteroatoms. The third-order valence-electron chi connectivity index (χ3n) is 5.37. The first kappa shape index (κ1) is 26.3. The molecule has 0 bridgehead atoms. The Morgan fingerprint density at radius 1 is 0.931 bits per heavy atom. The standard InChI is InChI=1S/C19H34F3N5O.HI/c1-23-18(24-9-5-4-8-19(20,21)22)27-14-12-25(13-15-27)16-17(28)26-10-6-2-3-7-11-26;/h2-16H2,1H3,(H,23,24);1H. The fourth-order valence-corrected chi connectivity index (χ4v) is 3.71. The molecule has 2 heterocycles. The molecule has 2 fully saturated rings. The third-order valence-corrected chi connectivity index (χ3v) is 5.37. The van der Waals surface area contributed by atoms with Crippen LogP contribution in [0.25, 0.3) is 0 Å². The second-order valence-corrected chi connectivity index (χ2v) is 7.60. The molecule has 2 aliphatic heterocycles. The highest BCUT2D eigenvalue weighted by molar-refractivity contribution is 14.0. The molecule has 2 saturated heterocycles. The van der Waals surface area contributed by atoms with Gasteiger partial charge in [0.2, 0.25) is 5.91 Å². The Kier molecular flexibility index (Phi) is 12.2. The zero-order chi connectivity index (χ0) is 20.4. The van der Waals surface area contributed by atoms with E-state index in [1.165, 1.54) is 12.8 Å². The van der Waals surface area contributed by atoms with Gasteiger partial charge in [-0.25, -0.2) is 0 Å². The molecule has 170 valence electrons. The smallest absolute Gasteiger partial charge is 0.356 e. The Bertz CT molecular complexity index is 503. The number of halogens is 4. The van der Waals surface area contributed by atoms with Gasteiger partial charge in [0.25, 0.3) is 0 Å². The SMILES string of the molecule is CN=C(NCCCCC(F)(F)F)N1CCN(CC(=O)N2CCCCCC2)CC1.I. The van der Waals surface area contributed by atoms with Crippen LogP contribution in [0, 0.1) is 0 Å². The highest BCUT2D eigenvalue weighted by Gasteiger charge is 2.26. The number of aliphatic imine (C=N–C) groups is 1. The van der Waals surface area contributed by atoms with Crippen molar-refractivity contribution in [1.29, 1.82) is 0 Å². The van der Waals surface area contributed by atoms with E-state index in [9.17, 15) is 18.0 Å². The number of rotatable bonds is 6. The molecule has 0 spiro atoms. The lowest BCUT2D eigenvalue weighted by molar-refractivity contribution is -0.135. The summed E-state index contributed by atoms with van der Waals surface area (Å²) in [6.45, 7) is 5.80. The summed E-state index contributed by atoms with van der Waals surface area (Å²) in [4.78, 5) is 23.1. The van der Waals surface area contributed by atoms with Crippen LogP contribution < -0.4 is 5.32 Å². The topological polar surface area (TPSA) is 51.2 Å². The zero-order valence-corrected chi connectivity index (χ0v) is 19.7. The monoisotopic (exact) mass is 533 g/mol. The van der Waals surface area contributed by atoms with Crippen LogP contribution in [0.4, 0.5) is 13.2 Å². The van der Waals surface area contributed by atoms with Crippen molar-refractivity contribution in [2.24, 2.45) is 4.99 Å². The first-order chi connectivity index (χ1) is 13.4. The number of carbonyl (C=O) groups is 1. The summed E-state index contributed by atoms with van der Waals surface area (Å²) in [7, 11) is 1.69. The number of unbranched alkanes of at least 4 members (excludes halogenated alkanes) is 1. The van der Waals surface area contributed by atoms with E-state index in [-0.39, 0.29) is 36.3 Å². The van der Waals surface area contributed by atoms with Crippen molar-refractivity contribution in [2.45, 2.75) is 51.1 Å². The molecule has 0 aliphatic carbocycles. The van der Waals surface area contributed by atoms with Gasteiger partial charge in [0.05, 0.1) is 6.54 Å². The lowest BCUT2D eigenvalue weighted by Gasteiger charge is -2.37. The minimum Gasteiger partial charge on any atom is -0.356 e. The van der Waals surface area contributed by atoms with Gasteiger partial charge in [0.15, 0.2) is 5.96 Å². The average molecular weight is 533 g/mol. The van der Waals surface area contributed by atoms with Crippen molar-refractivity contribution in [1.82, 2.24) is 20.0 Å². The summed E-state index contributed by atoms with van der Waals surface area (Å²) in [5, 5.41) is 3.15. The number of hydrogen-bond donors (Lipinski definition) is 1. The quantitative estimate of drug-likeness (QED) is 0.247. The van der Waals surface area contributed by atoms with Gasteiger partial charge < -0.3 is 15.1 Å². The first-order valence-corrected chi connectivity index (χ1v) is 10.4. The van der Waals surface area contributed by atoms with E-state index >= 15 is 0 Å². The van der Waals surface area contributed by atoms with Gasteiger partial charge >= 0.3 is 6.18 Å². The molecular formula is C19H35F3IN5O. The number of alkyl halides is 3. The lowest BCUT2D eigenvalue weighted by atomic mass is 10.2. The second kappa shape index (κ2) is 13.5. The lowest BCUT2D eigenvalue weighted by Crippen LogP contribution is -2.54. The fraction of sp³-hybridized carbons (Fsp3) is 0.895. The Morgan fingerprint density at radius 3 is 2.10 bits per heavy atom. The van der Waals surface area contributed by atoms with Gasteiger partial charge in [-0.1, -0.05) is 12.8 Å². The van der Waals surface area contributed by atoms with E-state index in [0.29, 0.717) is 19.5 Å². The summed E-state index contributed by atoms with van der Waals surface area (Å²) in [6, 6.07) is 0. The number of likely N-dealkylation sites (tertiary alicyclic amines) is 1.